The highest BCUT2D eigenvalue weighted by molar-refractivity contribution is 5.59. The fourth-order valence-corrected chi connectivity index (χ4v) is 3.17. The van der Waals surface area contributed by atoms with Gasteiger partial charge in [-0.2, -0.15) is 0 Å². The highest BCUT2D eigenvalue weighted by Crippen LogP contribution is 2.33. The molecule has 0 radical (unpaired) electrons. The number of benzene rings is 1. The molecule has 0 bridgehead atoms. The fourth-order valence-electron chi connectivity index (χ4n) is 3.17. The molecule has 1 unspecified atom stereocenters. The van der Waals surface area contributed by atoms with Gasteiger partial charge in [0, 0.05) is 17.8 Å². The number of para-hydroxylation sites is 1. The van der Waals surface area contributed by atoms with Crippen molar-refractivity contribution in [2.45, 2.75) is 51.4 Å². The molecule has 2 aromatic rings. The quantitative estimate of drug-likeness (QED) is 0.910. The first-order valence-corrected chi connectivity index (χ1v) is 7.95. The van der Waals surface area contributed by atoms with Crippen LogP contribution in [0.25, 0.3) is 0 Å². The van der Waals surface area contributed by atoms with Gasteiger partial charge in [-0.3, -0.25) is 0 Å². The van der Waals surface area contributed by atoms with Crippen LogP contribution in [0.1, 0.15) is 36.8 Å². The molecule has 1 fully saturated rings. The Labute approximate surface area is 126 Å². The normalized spacial score (nSPS) is 20.8. The summed E-state index contributed by atoms with van der Waals surface area (Å²) in [6.45, 7) is 4.01. The van der Waals surface area contributed by atoms with E-state index in [0.717, 1.165) is 37.1 Å². The number of hydrogen-bond acceptors (Lipinski definition) is 3. The molecule has 2 heterocycles. The Morgan fingerprint density at radius 1 is 1.14 bits per heavy atom. The predicted molar refractivity (Wildman–Crippen MR) is 84.4 cm³/mol. The monoisotopic (exact) mass is 282 g/mol. The number of fused-ring (bicyclic) bond motifs is 1. The van der Waals surface area contributed by atoms with Crippen LogP contribution in [0.15, 0.2) is 40.8 Å². The summed E-state index contributed by atoms with van der Waals surface area (Å²) in [5.41, 5.74) is 2.81. The zero-order chi connectivity index (χ0) is 14.2. The number of hydrogen-bond donors (Lipinski definition) is 1. The SMILES string of the molecule is CC1Cc2ccccc2N1Cc1ccc(CNC2CC2)o1. The van der Waals surface area contributed by atoms with E-state index in [-0.39, 0.29) is 0 Å². The molecule has 4 rings (SSSR count). The summed E-state index contributed by atoms with van der Waals surface area (Å²) in [6, 6.07) is 14.2. The minimum absolute atomic E-state index is 0.542. The van der Waals surface area contributed by atoms with Crippen molar-refractivity contribution in [3.05, 3.63) is 53.5 Å². The highest BCUT2D eigenvalue weighted by atomic mass is 16.3. The molecule has 0 spiro atoms. The summed E-state index contributed by atoms with van der Waals surface area (Å²) in [7, 11) is 0. The van der Waals surface area contributed by atoms with E-state index in [0.29, 0.717) is 6.04 Å². The summed E-state index contributed by atoms with van der Waals surface area (Å²) in [6.07, 6.45) is 3.76. The van der Waals surface area contributed by atoms with Crippen LogP contribution in [0.5, 0.6) is 0 Å². The molecule has 3 heteroatoms. The third-order valence-electron chi connectivity index (χ3n) is 4.53. The zero-order valence-electron chi connectivity index (χ0n) is 12.5. The molecule has 1 N–H and O–H groups in total. The first-order valence-electron chi connectivity index (χ1n) is 7.95. The Kier molecular flexibility index (Phi) is 3.23. The minimum Gasteiger partial charge on any atom is -0.463 e. The van der Waals surface area contributed by atoms with Crippen LogP contribution >= 0.6 is 0 Å². The van der Waals surface area contributed by atoms with E-state index in [4.69, 9.17) is 4.42 Å². The predicted octanol–water partition coefficient (Wildman–Crippen LogP) is 3.48. The van der Waals surface area contributed by atoms with Crippen LogP contribution in [-0.2, 0) is 19.5 Å². The van der Waals surface area contributed by atoms with Gasteiger partial charge in [0.25, 0.3) is 0 Å². The number of nitrogens with one attached hydrogen (secondary N) is 1. The first kappa shape index (κ1) is 13.0. The van der Waals surface area contributed by atoms with Gasteiger partial charge in [-0.15, -0.1) is 0 Å². The maximum Gasteiger partial charge on any atom is 0.123 e. The molecule has 1 saturated carbocycles. The zero-order valence-corrected chi connectivity index (χ0v) is 12.5. The summed E-state index contributed by atoms with van der Waals surface area (Å²) in [5.74, 6) is 2.11. The maximum atomic E-state index is 5.98. The molecule has 0 saturated heterocycles. The molecule has 1 atom stereocenters. The molecule has 110 valence electrons. The van der Waals surface area contributed by atoms with Gasteiger partial charge in [-0.05, 0) is 49.9 Å². The van der Waals surface area contributed by atoms with Gasteiger partial charge in [0.15, 0.2) is 0 Å². The lowest BCUT2D eigenvalue weighted by atomic mass is 10.1. The van der Waals surface area contributed by atoms with Gasteiger partial charge in [0.2, 0.25) is 0 Å². The van der Waals surface area contributed by atoms with Crippen LogP contribution in [-0.4, -0.2) is 12.1 Å². The molecular weight excluding hydrogens is 260 g/mol. The van der Waals surface area contributed by atoms with Crippen molar-refractivity contribution in [2.75, 3.05) is 4.90 Å². The molecule has 3 nitrogen and oxygen atoms in total. The fraction of sp³-hybridized carbons (Fsp3) is 0.444. The second-order valence-electron chi connectivity index (χ2n) is 6.33. The molecule has 1 aliphatic carbocycles. The number of nitrogens with zero attached hydrogens (tertiary/aromatic N) is 1. The smallest absolute Gasteiger partial charge is 0.123 e. The van der Waals surface area contributed by atoms with Crippen molar-refractivity contribution in [2.24, 2.45) is 0 Å². The van der Waals surface area contributed by atoms with Gasteiger partial charge in [0.05, 0.1) is 13.1 Å². The van der Waals surface area contributed by atoms with E-state index in [2.05, 4.69) is 53.5 Å². The largest absolute Gasteiger partial charge is 0.463 e. The van der Waals surface area contributed by atoms with Crippen LogP contribution < -0.4 is 10.2 Å². The third-order valence-corrected chi connectivity index (χ3v) is 4.53. The third kappa shape index (κ3) is 2.70. The molecular formula is C18H22N2O. The van der Waals surface area contributed by atoms with Crippen LogP contribution in [0.4, 0.5) is 5.69 Å². The molecule has 1 aliphatic heterocycles. The van der Waals surface area contributed by atoms with Gasteiger partial charge in [-0.1, -0.05) is 18.2 Å². The van der Waals surface area contributed by atoms with E-state index in [1.165, 1.54) is 24.1 Å². The number of rotatable bonds is 5. The van der Waals surface area contributed by atoms with Crippen molar-refractivity contribution in [3.63, 3.8) is 0 Å². The lowest BCUT2D eigenvalue weighted by Gasteiger charge is -2.23. The Hall–Kier alpha value is -1.74. The van der Waals surface area contributed by atoms with E-state index in [1.54, 1.807) is 0 Å². The summed E-state index contributed by atoms with van der Waals surface area (Å²) in [4.78, 5) is 2.45. The first-order chi connectivity index (χ1) is 10.3. The van der Waals surface area contributed by atoms with Crippen molar-refractivity contribution >= 4 is 5.69 Å². The molecule has 1 aromatic carbocycles. The van der Waals surface area contributed by atoms with Crippen molar-refractivity contribution < 1.29 is 4.42 Å². The molecule has 1 aromatic heterocycles. The highest BCUT2D eigenvalue weighted by Gasteiger charge is 2.26. The second kappa shape index (κ2) is 5.23. The van der Waals surface area contributed by atoms with Gasteiger partial charge >= 0.3 is 0 Å². The maximum absolute atomic E-state index is 5.98. The van der Waals surface area contributed by atoms with Crippen LogP contribution in [0, 0.1) is 0 Å². The van der Waals surface area contributed by atoms with E-state index in [1.807, 2.05) is 0 Å². The Bertz CT molecular complexity index is 630. The summed E-state index contributed by atoms with van der Waals surface area (Å²) >= 11 is 0. The van der Waals surface area contributed by atoms with E-state index >= 15 is 0 Å². The van der Waals surface area contributed by atoms with E-state index < -0.39 is 0 Å². The summed E-state index contributed by atoms with van der Waals surface area (Å²) in [5, 5.41) is 3.50. The molecule has 21 heavy (non-hydrogen) atoms. The number of anilines is 1. The van der Waals surface area contributed by atoms with E-state index in [9.17, 15) is 0 Å². The average molecular weight is 282 g/mol. The van der Waals surface area contributed by atoms with Crippen LogP contribution in [0.2, 0.25) is 0 Å². The Morgan fingerprint density at radius 3 is 2.81 bits per heavy atom. The lowest BCUT2D eigenvalue weighted by molar-refractivity contribution is 0.438. The van der Waals surface area contributed by atoms with Crippen molar-refractivity contribution in [3.8, 4) is 0 Å². The van der Waals surface area contributed by atoms with Gasteiger partial charge in [0.1, 0.15) is 11.5 Å². The van der Waals surface area contributed by atoms with Crippen molar-refractivity contribution in [1.82, 2.24) is 5.32 Å². The second-order valence-corrected chi connectivity index (χ2v) is 6.33. The Balaban J connectivity index is 1.45. The summed E-state index contributed by atoms with van der Waals surface area (Å²) < 4.78 is 5.98. The van der Waals surface area contributed by atoms with Gasteiger partial charge in [-0.25, -0.2) is 0 Å². The lowest BCUT2D eigenvalue weighted by Crippen LogP contribution is -2.28. The van der Waals surface area contributed by atoms with Gasteiger partial charge < -0.3 is 14.6 Å². The molecule has 0 amide bonds. The standard InChI is InChI=1S/C18H22N2O/c1-13-10-14-4-2-3-5-18(14)20(13)12-17-9-8-16(21-17)11-19-15-6-7-15/h2-5,8-9,13,15,19H,6-7,10-12H2,1H3. The topological polar surface area (TPSA) is 28.4 Å². The average Bonchev–Trinajstić information content (AvgIpc) is 3.13. The number of furan rings is 1. The Morgan fingerprint density at radius 2 is 1.95 bits per heavy atom. The van der Waals surface area contributed by atoms with Crippen LogP contribution in [0.3, 0.4) is 0 Å². The minimum atomic E-state index is 0.542. The van der Waals surface area contributed by atoms with Crippen molar-refractivity contribution in [1.29, 1.82) is 0 Å². The molecule has 2 aliphatic rings.